The van der Waals surface area contributed by atoms with Crippen LogP contribution in [-0.4, -0.2) is 92.9 Å². The maximum Gasteiger partial charge on any atom is 0.329 e. The zero-order valence-electron chi connectivity index (χ0n) is 30.1. The van der Waals surface area contributed by atoms with Crippen LogP contribution in [0.3, 0.4) is 0 Å². The summed E-state index contributed by atoms with van der Waals surface area (Å²) in [5.41, 5.74) is 13.4. The third-order valence-electron chi connectivity index (χ3n) is 9.05. The number of hydrogen-bond acceptors (Lipinski definition) is 10. The molecule has 1 fully saturated rings. The molecule has 1 aromatic heterocycles. The highest BCUT2D eigenvalue weighted by molar-refractivity contribution is 5.85. The zero-order chi connectivity index (χ0) is 35.3. The highest BCUT2D eigenvalue weighted by Gasteiger charge is 2.39. The second-order valence-electron chi connectivity index (χ2n) is 13.9. The predicted octanol–water partition coefficient (Wildman–Crippen LogP) is 3.33. The maximum atomic E-state index is 13.6. The molecule has 0 unspecified atom stereocenters. The lowest BCUT2D eigenvalue weighted by Crippen LogP contribution is -2.51. The van der Waals surface area contributed by atoms with Crippen LogP contribution in [0.1, 0.15) is 79.2 Å². The van der Waals surface area contributed by atoms with Gasteiger partial charge in [0.1, 0.15) is 12.1 Å². The smallest absolute Gasteiger partial charge is 0.329 e. The first-order valence-corrected chi connectivity index (χ1v) is 17.1. The van der Waals surface area contributed by atoms with Crippen LogP contribution >= 0.6 is 0 Å². The Kier molecular flexibility index (Phi) is 16.9. The Hall–Kier alpha value is -2.96. The van der Waals surface area contributed by atoms with Crippen LogP contribution in [-0.2, 0) is 30.3 Å². The minimum Gasteiger partial charge on any atom is -0.488 e. The van der Waals surface area contributed by atoms with Crippen molar-refractivity contribution in [2.24, 2.45) is 41.1 Å². The van der Waals surface area contributed by atoms with Crippen LogP contribution in [0.2, 0.25) is 0 Å². The SMILES string of the molecule is COCCCOc1cc(C[C@@H](C[C@H](N)[C@H](C[C@H](C(=O)N(C)C2CC2)C(C)C)OC(=O)[C@@H](NC(=O)CN)C(C)C)C(C)C)cnc1OC. The van der Waals surface area contributed by atoms with Gasteiger partial charge in [-0.25, -0.2) is 9.78 Å². The van der Waals surface area contributed by atoms with Gasteiger partial charge in [-0.1, -0.05) is 41.5 Å². The molecule has 12 nitrogen and oxygen atoms in total. The number of pyridine rings is 1. The van der Waals surface area contributed by atoms with Crippen LogP contribution in [0.25, 0.3) is 0 Å². The van der Waals surface area contributed by atoms with Crippen molar-refractivity contribution in [1.82, 2.24) is 15.2 Å². The second-order valence-corrected chi connectivity index (χ2v) is 13.9. The first-order valence-electron chi connectivity index (χ1n) is 17.1. The summed E-state index contributed by atoms with van der Waals surface area (Å²) < 4.78 is 22.7. The number of carbonyl (C=O) groups is 3. The molecule has 268 valence electrons. The van der Waals surface area contributed by atoms with Crippen molar-refractivity contribution in [2.75, 3.05) is 41.0 Å². The molecule has 0 aliphatic heterocycles. The van der Waals surface area contributed by atoms with Crippen LogP contribution in [0.4, 0.5) is 0 Å². The summed E-state index contributed by atoms with van der Waals surface area (Å²) in [6.45, 7) is 12.8. The monoisotopic (exact) mass is 663 g/mol. The van der Waals surface area contributed by atoms with Gasteiger partial charge in [0, 0.05) is 51.4 Å². The molecule has 1 aliphatic rings. The summed E-state index contributed by atoms with van der Waals surface area (Å²) in [6, 6.07) is 0.746. The molecule has 2 rings (SSSR count). The van der Waals surface area contributed by atoms with Gasteiger partial charge in [0.15, 0.2) is 5.75 Å². The van der Waals surface area contributed by atoms with Gasteiger partial charge >= 0.3 is 5.97 Å². The van der Waals surface area contributed by atoms with E-state index in [1.54, 1.807) is 20.4 Å². The molecule has 2 amide bonds. The van der Waals surface area contributed by atoms with Gasteiger partial charge in [-0.05, 0) is 67.4 Å². The zero-order valence-corrected chi connectivity index (χ0v) is 30.1. The normalized spacial score (nSPS) is 16.4. The molecular formula is C35H61N5O7. The highest BCUT2D eigenvalue weighted by Crippen LogP contribution is 2.33. The van der Waals surface area contributed by atoms with Crippen LogP contribution in [0.15, 0.2) is 12.3 Å². The first-order chi connectivity index (χ1) is 22.2. The molecule has 0 saturated heterocycles. The predicted molar refractivity (Wildman–Crippen MR) is 182 cm³/mol. The first kappa shape index (κ1) is 40.2. The Morgan fingerprint density at radius 2 is 1.70 bits per heavy atom. The van der Waals surface area contributed by atoms with Gasteiger partial charge in [0.05, 0.1) is 20.3 Å². The fourth-order valence-corrected chi connectivity index (χ4v) is 5.70. The lowest BCUT2D eigenvalue weighted by atomic mass is 9.80. The van der Waals surface area contributed by atoms with Gasteiger partial charge in [-0.3, -0.25) is 9.59 Å². The van der Waals surface area contributed by atoms with E-state index in [4.69, 9.17) is 30.4 Å². The lowest BCUT2D eigenvalue weighted by Gasteiger charge is -2.34. The van der Waals surface area contributed by atoms with Crippen molar-refractivity contribution in [3.63, 3.8) is 0 Å². The van der Waals surface area contributed by atoms with Gasteiger partial charge in [0.25, 0.3) is 5.88 Å². The molecule has 1 aliphatic carbocycles. The Bertz CT molecular complexity index is 1130. The molecule has 47 heavy (non-hydrogen) atoms. The summed E-state index contributed by atoms with van der Waals surface area (Å²) in [5, 5.41) is 2.69. The summed E-state index contributed by atoms with van der Waals surface area (Å²) in [4.78, 5) is 45.7. The number of ether oxygens (including phenoxy) is 4. The molecule has 0 bridgehead atoms. The number of nitrogens with one attached hydrogen (secondary N) is 1. The van der Waals surface area contributed by atoms with Crippen molar-refractivity contribution < 1.29 is 33.3 Å². The van der Waals surface area contributed by atoms with E-state index in [0.717, 1.165) is 24.8 Å². The van der Waals surface area contributed by atoms with E-state index in [1.165, 1.54) is 0 Å². The van der Waals surface area contributed by atoms with Gasteiger partial charge < -0.3 is 40.6 Å². The van der Waals surface area contributed by atoms with E-state index in [1.807, 2.05) is 45.7 Å². The lowest BCUT2D eigenvalue weighted by molar-refractivity contribution is -0.158. The van der Waals surface area contributed by atoms with E-state index in [9.17, 15) is 14.4 Å². The molecule has 1 heterocycles. The largest absolute Gasteiger partial charge is 0.488 e. The number of nitrogens with zero attached hydrogens (tertiary/aromatic N) is 2. The number of aromatic nitrogens is 1. The number of amides is 2. The third-order valence-corrected chi connectivity index (χ3v) is 9.05. The maximum absolute atomic E-state index is 13.6. The Balaban J connectivity index is 2.34. The molecule has 5 atom stereocenters. The fraction of sp³-hybridized carbons (Fsp3) is 0.771. The molecule has 0 aromatic carbocycles. The molecule has 1 aromatic rings. The van der Waals surface area contributed by atoms with E-state index in [2.05, 4.69) is 24.1 Å². The van der Waals surface area contributed by atoms with Gasteiger partial charge in [0.2, 0.25) is 11.8 Å². The average Bonchev–Trinajstić information content (AvgIpc) is 3.88. The van der Waals surface area contributed by atoms with E-state index < -0.39 is 30.1 Å². The molecular weight excluding hydrogens is 602 g/mol. The topological polar surface area (TPSA) is 168 Å². The minimum atomic E-state index is -0.892. The van der Waals surface area contributed by atoms with Crippen LogP contribution < -0.4 is 26.3 Å². The molecule has 0 radical (unpaired) electrons. The minimum absolute atomic E-state index is 0.00326. The summed E-state index contributed by atoms with van der Waals surface area (Å²) >= 11 is 0. The molecule has 12 heteroatoms. The van der Waals surface area contributed by atoms with Gasteiger partial charge in [-0.2, -0.15) is 0 Å². The summed E-state index contributed by atoms with van der Waals surface area (Å²) in [6.07, 6.45) is 5.24. The standard InChI is InChI=1S/C35H61N5O7/c1-21(2)25(15-24-16-30(33(45-9)38-20-24)46-14-10-13-44-8)17-28(37)29(47-35(43)32(23(5)6)39-31(41)19-36)18-27(22(3)4)34(42)40(7)26-11-12-26/h16,20-23,25-29,32H,10-15,17-19,36-37H2,1-9H3,(H,39,41)/t25-,27-,28-,29-,32-/m0/s1. The second kappa shape index (κ2) is 19.8. The number of hydrogen-bond donors (Lipinski definition) is 3. The van der Waals surface area contributed by atoms with Crippen molar-refractivity contribution >= 4 is 17.8 Å². The number of methoxy groups -OCH3 is 2. The molecule has 1 saturated carbocycles. The summed E-state index contributed by atoms with van der Waals surface area (Å²) in [5.74, 6) is -0.295. The number of esters is 1. The number of nitrogens with two attached hydrogens (primary N) is 2. The number of carbonyl (C=O) groups excluding carboxylic acids is 3. The number of rotatable bonds is 22. The Morgan fingerprint density at radius 3 is 2.23 bits per heavy atom. The van der Waals surface area contributed by atoms with E-state index in [-0.39, 0.29) is 54.5 Å². The van der Waals surface area contributed by atoms with E-state index in [0.29, 0.717) is 37.7 Å². The highest BCUT2D eigenvalue weighted by atomic mass is 16.5. The van der Waals surface area contributed by atoms with Crippen molar-refractivity contribution in [1.29, 1.82) is 0 Å². The molecule has 0 spiro atoms. The van der Waals surface area contributed by atoms with Crippen molar-refractivity contribution in [3.05, 3.63) is 17.8 Å². The average molecular weight is 664 g/mol. The van der Waals surface area contributed by atoms with Crippen molar-refractivity contribution in [3.8, 4) is 11.6 Å². The Labute approximate surface area is 282 Å². The Morgan fingerprint density at radius 1 is 1.02 bits per heavy atom. The molecule has 5 N–H and O–H groups in total. The summed E-state index contributed by atoms with van der Waals surface area (Å²) in [7, 11) is 5.06. The van der Waals surface area contributed by atoms with Crippen LogP contribution in [0.5, 0.6) is 11.6 Å². The quantitative estimate of drug-likeness (QED) is 0.124. The van der Waals surface area contributed by atoms with E-state index >= 15 is 0 Å². The van der Waals surface area contributed by atoms with Crippen LogP contribution in [0, 0.1) is 29.6 Å². The van der Waals surface area contributed by atoms with Crippen molar-refractivity contribution in [2.45, 2.75) is 104 Å². The third kappa shape index (κ3) is 12.9. The van der Waals surface area contributed by atoms with Gasteiger partial charge in [-0.15, -0.1) is 0 Å². The fourth-order valence-electron chi connectivity index (χ4n) is 5.70.